The zero-order valence-electron chi connectivity index (χ0n) is 10.2. The first kappa shape index (κ1) is 11.5. The molecule has 0 aliphatic carbocycles. The molecular weight excluding hydrogens is 238 g/mol. The summed E-state index contributed by atoms with van der Waals surface area (Å²) in [4.78, 5) is 4.03. The molecule has 0 unspecified atom stereocenters. The van der Waals surface area contributed by atoms with Crippen molar-refractivity contribution in [1.29, 1.82) is 0 Å². The fourth-order valence-electron chi connectivity index (χ4n) is 1.90. The van der Waals surface area contributed by atoms with Gasteiger partial charge < -0.3 is 10.3 Å². The number of anilines is 1. The van der Waals surface area contributed by atoms with E-state index in [1.165, 1.54) is 0 Å². The molecule has 2 N–H and O–H groups in total. The minimum absolute atomic E-state index is 0.444. The summed E-state index contributed by atoms with van der Waals surface area (Å²) in [6.07, 6.45) is 2.37. The zero-order chi connectivity index (χ0) is 13.1. The summed E-state index contributed by atoms with van der Waals surface area (Å²) < 4.78 is 5.33. The smallest absolute Gasteiger partial charge is 0.170 e. The van der Waals surface area contributed by atoms with Crippen LogP contribution < -0.4 is 5.73 Å². The van der Waals surface area contributed by atoms with Gasteiger partial charge in [0.25, 0.3) is 0 Å². The van der Waals surface area contributed by atoms with Crippen LogP contribution in [0.25, 0.3) is 11.3 Å². The molecule has 2 heterocycles. The largest absolute Gasteiger partial charge is 0.383 e. The first-order chi connectivity index (χ1) is 9.33. The Balaban J connectivity index is 1.86. The van der Waals surface area contributed by atoms with Crippen molar-refractivity contribution in [2.75, 3.05) is 5.73 Å². The Hall–Kier alpha value is -2.62. The van der Waals surface area contributed by atoms with Crippen molar-refractivity contribution in [1.82, 2.24) is 10.1 Å². The molecular formula is C15H12N3O. The van der Waals surface area contributed by atoms with Crippen LogP contribution in [-0.4, -0.2) is 10.1 Å². The molecule has 0 aliphatic heterocycles. The summed E-state index contributed by atoms with van der Waals surface area (Å²) in [6, 6.07) is 16.3. The van der Waals surface area contributed by atoms with Gasteiger partial charge in [-0.25, -0.2) is 4.98 Å². The molecule has 0 spiro atoms. The lowest BCUT2D eigenvalue weighted by Gasteiger charge is -1.97. The maximum atomic E-state index is 5.81. The number of nitrogens with two attached hydrogens (primary N) is 1. The van der Waals surface area contributed by atoms with E-state index in [1.54, 1.807) is 6.20 Å². The van der Waals surface area contributed by atoms with Gasteiger partial charge in [-0.2, -0.15) is 0 Å². The molecule has 2 aromatic heterocycles. The summed E-state index contributed by atoms with van der Waals surface area (Å²) in [5, 5.41) is 4.06. The quantitative estimate of drug-likeness (QED) is 0.776. The molecule has 3 aromatic rings. The maximum absolute atomic E-state index is 5.81. The predicted octanol–water partition coefficient (Wildman–Crippen LogP) is 2.71. The molecule has 0 fully saturated rings. The monoisotopic (exact) mass is 250 g/mol. The van der Waals surface area contributed by atoms with Gasteiger partial charge in [-0.05, 0) is 23.8 Å². The first-order valence-corrected chi connectivity index (χ1v) is 5.94. The number of aromatic nitrogens is 2. The van der Waals surface area contributed by atoms with E-state index in [2.05, 4.69) is 16.2 Å². The normalized spacial score (nSPS) is 10.5. The average molecular weight is 250 g/mol. The Kier molecular flexibility index (Phi) is 2.98. The fourth-order valence-corrected chi connectivity index (χ4v) is 1.90. The molecule has 0 amide bonds. The van der Waals surface area contributed by atoms with E-state index in [1.807, 2.05) is 42.5 Å². The highest BCUT2D eigenvalue weighted by atomic mass is 16.5. The number of hydrogen-bond donors (Lipinski definition) is 1. The Bertz CT molecular complexity index is 677. The van der Waals surface area contributed by atoms with Gasteiger partial charge in [0.15, 0.2) is 5.76 Å². The Morgan fingerprint density at radius 1 is 1.21 bits per heavy atom. The van der Waals surface area contributed by atoms with Crippen LogP contribution in [0.15, 0.2) is 53.2 Å². The zero-order valence-corrected chi connectivity index (χ0v) is 10.2. The highest BCUT2D eigenvalue weighted by Gasteiger charge is 2.10. The van der Waals surface area contributed by atoms with Crippen LogP contribution >= 0.6 is 0 Å². The number of benzene rings is 1. The van der Waals surface area contributed by atoms with E-state index >= 15 is 0 Å². The van der Waals surface area contributed by atoms with Crippen LogP contribution in [0.1, 0.15) is 11.3 Å². The van der Waals surface area contributed by atoms with E-state index in [0.29, 0.717) is 11.6 Å². The summed E-state index contributed by atoms with van der Waals surface area (Å²) >= 11 is 0. The third kappa shape index (κ3) is 2.47. The molecule has 0 aliphatic rings. The van der Waals surface area contributed by atoms with E-state index < -0.39 is 0 Å². The molecule has 0 bridgehead atoms. The number of hydrogen-bond acceptors (Lipinski definition) is 4. The van der Waals surface area contributed by atoms with Crippen molar-refractivity contribution in [3.05, 3.63) is 66.0 Å². The van der Waals surface area contributed by atoms with Crippen LogP contribution in [0.4, 0.5) is 5.82 Å². The third-order valence-corrected chi connectivity index (χ3v) is 2.84. The number of nitrogen functional groups attached to an aromatic ring is 1. The lowest BCUT2D eigenvalue weighted by atomic mass is 10.1. The van der Waals surface area contributed by atoms with Crippen molar-refractivity contribution in [2.45, 2.75) is 6.42 Å². The van der Waals surface area contributed by atoms with Gasteiger partial charge in [0.1, 0.15) is 5.82 Å². The van der Waals surface area contributed by atoms with E-state index in [9.17, 15) is 0 Å². The van der Waals surface area contributed by atoms with Gasteiger partial charge in [-0.3, -0.25) is 0 Å². The second kappa shape index (κ2) is 4.94. The first-order valence-electron chi connectivity index (χ1n) is 5.94. The standard InChI is InChI=1S/C15H12N3O/c16-15-13(7-4-8-17-15)14-10-12(18-19-14)9-11-5-2-1-3-6-11/h2-8,10H,9H2,(H2,16,17). The van der Waals surface area contributed by atoms with Crippen molar-refractivity contribution >= 4 is 5.82 Å². The second-order valence-electron chi connectivity index (χ2n) is 4.20. The highest BCUT2D eigenvalue weighted by molar-refractivity contribution is 5.69. The van der Waals surface area contributed by atoms with Crippen LogP contribution in [0.2, 0.25) is 0 Å². The van der Waals surface area contributed by atoms with Crippen molar-refractivity contribution in [3.8, 4) is 11.3 Å². The van der Waals surface area contributed by atoms with Gasteiger partial charge in [-0.1, -0.05) is 29.4 Å². The van der Waals surface area contributed by atoms with Crippen molar-refractivity contribution in [3.63, 3.8) is 0 Å². The molecule has 0 atom stereocenters. The molecule has 0 saturated carbocycles. The van der Waals surface area contributed by atoms with Gasteiger partial charge >= 0.3 is 0 Å². The average Bonchev–Trinajstić information content (AvgIpc) is 2.89. The fraction of sp³-hybridized carbons (Fsp3) is 0.0667. The molecule has 0 saturated heterocycles. The molecule has 93 valence electrons. The molecule has 19 heavy (non-hydrogen) atoms. The third-order valence-electron chi connectivity index (χ3n) is 2.84. The number of pyridine rings is 1. The summed E-state index contributed by atoms with van der Waals surface area (Å²) in [5.41, 5.74) is 8.61. The maximum Gasteiger partial charge on any atom is 0.170 e. The lowest BCUT2D eigenvalue weighted by Crippen LogP contribution is -1.91. The number of nitrogens with zero attached hydrogens (tertiary/aromatic N) is 2. The summed E-state index contributed by atoms with van der Waals surface area (Å²) in [5.74, 6) is 1.09. The van der Waals surface area contributed by atoms with Crippen LogP contribution in [0.3, 0.4) is 0 Å². The van der Waals surface area contributed by atoms with Crippen LogP contribution in [0, 0.1) is 6.07 Å². The Morgan fingerprint density at radius 2 is 2.05 bits per heavy atom. The van der Waals surface area contributed by atoms with E-state index in [4.69, 9.17) is 10.3 Å². The minimum atomic E-state index is 0.444. The van der Waals surface area contributed by atoms with Crippen LogP contribution in [0.5, 0.6) is 0 Å². The number of rotatable bonds is 3. The van der Waals surface area contributed by atoms with Crippen molar-refractivity contribution in [2.24, 2.45) is 0 Å². The van der Waals surface area contributed by atoms with Gasteiger partial charge in [0.2, 0.25) is 0 Å². The van der Waals surface area contributed by atoms with Gasteiger partial charge in [0.05, 0.1) is 11.3 Å². The molecule has 1 radical (unpaired) electrons. The summed E-state index contributed by atoms with van der Waals surface area (Å²) in [7, 11) is 0. The van der Waals surface area contributed by atoms with Crippen molar-refractivity contribution < 1.29 is 4.52 Å². The molecule has 4 nitrogen and oxygen atoms in total. The molecule has 4 heteroatoms. The van der Waals surface area contributed by atoms with Crippen LogP contribution in [-0.2, 0) is 6.42 Å². The van der Waals surface area contributed by atoms with E-state index in [-0.39, 0.29) is 0 Å². The van der Waals surface area contributed by atoms with E-state index in [0.717, 1.165) is 23.2 Å². The predicted molar refractivity (Wildman–Crippen MR) is 72.2 cm³/mol. The topological polar surface area (TPSA) is 64.9 Å². The Morgan fingerprint density at radius 3 is 2.84 bits per heavy atom. The highest BCUT2D eigenvalue weighted by Crippen LogP contribution is 2.25. The molecule has 1 aromatic carbocycles. The lowest BCUT2D eigenvalue weighted by molar-refractivity contribution is 0.425. The van der Waals surface area contributed by atoms with Gasteiger partial charge in [-0.15, -0.1) is 0 Å². The molecule has 3 rings (SSSR count). The Labute approximate surface area is 110 Å². The van der Waals surface area contributed by atoms with Gasteiger partial charge in [0, 0.05) is 18.7 Å². The SMILES string of the molecule is Nc1ncccc1-c1cc(Cc2cc[c]cc2)no1. The summed E-state index contributed by atoms with van der Waals surface area (Å²) in [6.45, 7) is 0. The minimum Gasteiger partial charge on any atom is -0.383 e. The second-order valence-corrected chi connectivity index (χ2v) is 4.20.